The van der Waals surface area contributed by atoms with Crippen LogP contribution in [0.5, 0.6) is 0 Å². The number of nitrogens with one attached hydrogen (secondary N) is 1. The number of sulfonamides is 1. The van der Waals surface area contributed by atoms with Crippen molar-refractivity contribution in [1.29, 1.82) is 0 Å². The van der Waals surface area contributed by atoms with Gasteiger partial charge in [-0.2, -0.15) is 5.10 Å². The van der Waals surface area contributed by atoms with E-state index in [-0.39, 0.29) is 5.60 Å². The molecule has 0 saturated carbocycles. The van der Waals surface area contributed by atoms with Crippen molar-refractivity contribution in [3.8, 4) is 5.82 Å². The van der Waals surface area contributed by atoms with Crippen LogP contribution in [0.3, 0.4) is 0 Å². The molecule has 0 bridgehead atoms. The van der Waals surface area contributed by atoms with Gasteiger partial charge < -0.3 is 4.74 Å². The number of benzene rings is 1. The van der Waals surface area contributed by atoms with Crippen molar-refractivity contribution in [3.05, 3.63) is 71.2 Å². The minimum Gasteiger partial charge on any atom is -0.365 e. The Labute approximate surface area is 188 Å². The molecule has 2 aliphatic rings. The summed E-state index contributed by atoms with van der Waals surface area (Å²) in [6.07, 6.45) is 6.64. The average molecular weight is 454 g/mol. The molecule has 1 saturated heterocycles. The number of hydrogen-bond acceptors (Lipinski definition) is 6. The Morgan fingerprint density at radius 1 is 1.16 bits per heavy atom. The fraction of sp³-hybridized carbons (Fsp3) is 0.391. The molecule has 1 fully saturated rings. The molecule has 0 amide bonds. The zero-order chi connectivity index (χ0) is 22.3. The summed E-state index contributed by atoms with van der Waals surface area (Å²) < 4.78 is 33.9. The van der Waals surface area contributed by atoms with Gasteiger partial charge in [-0.25, -0.2) is 18.1 Å². The first-order valence-electron chi connectivity index (χ1n) is 10.8. The van der Waals surface area contributed by atoms with Gasteiger partial charge in [0.15, 0.2) is 5.82 Å². The number of nitrogens with zero attached hydrogens (tertiary/aromatic N) is 4. The predicted molar refractivity (Wildman–Crippen MR) is 122 cm³/mol. The second-order valence-electron chi connectivity index (χ2n) is 8.65. The monoisotopic (exact) mass is 453 g/mol. The molecule has 8 nitrogen and oxygen atoms in total. The number of rotatable bonds is 5. The van der Waals surface area contributed by atoms with Crippen LogP contribution in [-0.4, -0.2) is 47.4 Å². The molecule has 0 atom stereocenters. The van der Waals surface area contributed by atoms with Crippen LogP contribution in [0.2, 0.25) is 0 Å². The predicted octanol–water partition coefficient (Wildman–Crippen LogP) is 2.97. The highest BCUT2D eigenvalue weighted by atomic mass is 32.2. The Kier molecular flexibility index (Phi) is 5.27. The van der Waals surface area contributed by atoms with Crippen molar-refractivity contribution in [2.75, 3.05) is 24.1 Å². The number of likely N-dealkylation sites (tertiary alicyclic amines) is 1. The minimum atomic E-state index is -3.42. The molecule has 5 rings (SSSR count). The minimum absolute atomic E-state index is 0.146. The number of aromatic nitrogens is 3. The van der Waals surface area contributed by atoms with E-state index in [9.17, 15) is 8.42 Å². The van der Waals surface area contributed by atoms with Crippen LogP contribution in [0.15, 0.2) is 48.8 Å². The topological polar surface area (TPSA) is 89.3 Å². The molecule has 1 N–H and O–H groups in total. The third-order valence-corrected chi connectivity index (χ3v) is 6.96. The van der Waals surface area contributed by atoms with Gasteiger partial charge in [-0.15, -0.1) is 0 Å². The van der Waals surface area contributed by atoms with Crippen LogP contribution in [0.25, 0.3) is 5.82 Å². The average Bonchev–Trinajstić information content (AvgIpc) is 3.30. The lowest BCUT2D eigenvalue weighted by Crippen LogP contribution is -2.42. The molecule has 2 aliphatic heterocycles. The Bertz CT molecular complexity index is 1250. The Balaban J connectivity index is 1.31. The van der Waals surface area contributed by atoms with E-state index in [0.29, 0.717) is 18.1 Å². The van der Waals surface area contributed by atoms with Gasteiger partial charge in [0.25, 0.3) is 0 Å². The third kappa shape index (κ3) is 4.03. The number of pyridine rings is 1. The van der Waals surface area contributed by atoms with Crippen LogP contribution < -0.4 is 4.72 Å². The molecule has 2 aromatic heterocycles. The van der Waals surface area contributed by atoms with Gasteiger partial charge in [-0.05, 0) is 43.0 Å². The van der Waals surface area contributed by atoms with Crippen LogP contribution >= 0.6 is 0 Å². The van der Waals surface area contributed by atoms with E-state index in [2.05, 4.69) is 44.0 Å². The zero-order valence-corrected chi connectivity index (χ0v) is 19.1. The smallest absolute Gasteiger partial charge is 0.229 e. The second-order valence-corrected chi connectivity index (χ2v) is 10.4. The zero-order valence-electron chi connectivity index (χ0n) is 18.3. The highest BCUT2D eigenvalue weighted by molar-refractivity contribution is 7.92. The summed E-state index contributed by atoms with van der Waals surface area (Å²) >= 11 is 0. The fourth-order valence-electron chi connectivity index (χ4n) is 4.73. The molecule has 0 aliphatic carbocycles. The number of fused-ring (bicyclic) bond motifs is 2. The lowest BCUT2D eigenvalue weighted by atomic mass is 9.84. The molecule has 1 aromatic carbocycles. The molecular weight excluding hydrogens is 426 g/mol. The van der Waals surface area contributed by atoms with Crippen molar-refractivity contribution in [2.24, 2.45) is 0 Å². The van der Waals surface area contributed by atoms with E-state index in [1.54, 1.807) is 23.0 Å². The van der Waals surface area contributed by atoms with Crippen LogP contribution in [0, 0.1) is 6.92 Å². The number of ether oxygens (including phenoxy) is 1. The molecule has 0 radical (unpaired) electrons. The summed E-state index contributed by atoms with van der Waals surface area (Å²) in [7, 11) is -3.42. The quantitative estimate of drug-likeness (QED) is 0.639. The largest absolute Gasteiger partial charge is 0.365 e. The molecule has 32 heavy (non-hydrogen) atoms. The number of aryl methyl sites for hydroxylation is 1. The van der Waals surface area contributed by atoms with Crippen molar-refractivity contribution >= 4 is 15.7 Å². The van der Waals surface area contributed by atoms with Crippen molar-refractivity contribution < 1.29 is 13.2 Å². The second kappa shape index (κ2) is 7.99. The maximum atomic E-state index is 11.7. The van der Waals surface area contributed by atoms with Crippen LogP contribution in [-0.2, 0) is 33.5 Å². The maximum Gasteiger partial charge on any atom is 0.229 e. The first kappa shape index (κ1) is 21.1. The summed E-state index contributed by atoms with van der Waals surface area (Å²) in [5, 5.41) is 4.61. The Morgan fingerprint density at radius 2 is 1.94 bits per heavy atom. The third-order valence-electron chi connectivity index (χ3n) is 6.37. The summed E-state index contributed by atoms with van der Waals surface area (Å²) in [4.78, 5) is 6.78. The summed E-state index contributed by atoms with van der Waals surface area (Å²) in [6.45, 7) is 5.36. The molecule has 9 heteroatoms. The molecule has 4 heterocycles. The Hall–Kier alpha value is -2.75. The van der Waals surface area contributed by atoms with Gasteiger partial charge in [0.1, 0.15) is 0 Å². The van der Waals surface area contributed by atoms with E-state index in [0.717, 1.165) is 50.0 Å². The highest BCUT2D eigenvalue weighted by Gasteiger charge is 2.42. The van der Waals surface area contributed by atoms with Gasteiger partial charge in [0, 0.05) is 37.6 Å². The standard InChI is InChI=1S/C23H27N5O3S/c1-17-19(15-28(25-17)22-21(8-5-11-24-22)26-32(2,29)30)14-27-12-9-23(10-13-27)20-7-4-3-6-18(20)16-31-23/h3-8,11,15,26H,9-10,12-14,16H2,1-2H3. The molecule has 168 valence electrons. The van der Waals surface area contributed by atoms with Crippen molar-refractivity contribution in [2.45, 2.75) is 38.5 Å². The lowest BCUT2D eigenvalue weighted by molar-refractivity contribution is -0.0799. The van der Waals surface area contributed by atoms with Crippen molar-refractivity contribution in [3.63, 3.8) is 0 Å². The summed E-state index contributed by atoms with van der Waals surface area (Å²) in [5.74, 6) is 0.459. The summed E-state index contributed by atoms with van der Waals surface area (Å²) in [6, 6.07) is 11.9. The number of anilines is 1. The normalized spacial score (nSPS) is 18.1. The summed E-state index contributed by atoms with van der Waals surface area (Å²) in [5.41, 5.74) is 4.93. The van der Waals surface area contributed by atoms with Crippen LogP contribution in [0.4, 0.5) is 5.69 Å². The van der Waals surface area contributed by atoms with Gasteiger partial charge in [-0.3, -0.25) is 9.62 Å². The highest BCUT2D eigenvalue weighted by Crippen LogP contribution is 2.44. The van der Waals surface area contributed by atoms with Gasteiger partial charge in [0.05, 0.1) is 29.8 Å². The molecule has 1 spiro atoms. The van der Waals surface area contributed by atoms with E-state index < -0.39 is 10.0 Å². The fourth-order valence-corrected chi connectivity index (χ4v) is 5.29. The number of piperidine rings is 1. The van der Waals surface area contributed by atoms with Crippen molar-refractivity contribution in [1.82, 2.24) is 19.7 Å². The van der Waals surface area contributed by atoms with Gasteiger partial charge in [0.2, 0.25) is 10.0 Å². The van der Waals surface area contributed by atoms with E-state index in [1.165, 1.54) is 11.1 Å². The number of hydrogen-bond donors (Lipinski definition) is 1. The Morgan fingerprint density at radius 3 is 2.72 bits per heavy atom. The van der Waals surface area contributed by atoms with E-state index in [1.807, 2.05) is 13.1 Å². The van der Waals surface area contributed by atoms with Crippen LogP contribution in [0.1, 0.15) is 35.2 Å². The van der Waals surface area contributed by atoms with E-state index in [4.69, 9.17) is 4.74 Å². The first-order valence-corrected chi connectivity index (χ1v) is 12.7. The van der Waals surface area contributed by atoms with Gasteiger partial charge in [-0.1, -0.05) is 24.3 Å². The lowest BCUT2D eigenvalue weighted by Gasteiger charge is -2.39. The van der Waals surface area contributed by atoms with Gasteiger partial charge >= 0.3 is 0 Å². The molecule has 0 unspecified atom stereocenters. The maximum absolute atomic E-state index is 11.7. The van der Waals surface area contributed by atoms with E-state index >= 15 is 0 Å². The SMILES string of the molecule is Cc1nn(-c2ncccc2NS(C)(=O)=O)cc1CN1CCC2(CC1)OCc1ccccc12. The molecular formula is C23H27N5O3S. The molecule has 3 aromatic rings. The first-order chi connectivity index (χ1) is 15.3.